The van der Waals surface area contributed by atoms with Gasteiger partial charge in [0, 0.05) is 67.4 Å². The van der Waals surface area contributed by atoms with E-state index in [1.54, 1.807) is 0 Å². The zero-order chi connectivity index (χ0) is 49.0. The minimum absolute atomic E-state index is 0.829. The van der Waals surface area contributed by atoms with Crippen molar-refractivity contribution in [1.82, 2.24) is 0 Å². The number of anilines is 6. The van der Waals surface area contributed by atoms with Gasteiger partial charge >= 0.3 is 0 Å². The Morgan fingerprint density at radius 3 is 1.15 bits per heavy atom. The molecule has 348 valence electrons. The zero-order valence-electron chi connectivity index (χ0n) is 40.3. The van der Waals surface area contributed by atoms with E-state index in [1.165, 1.54) is 0 Å². The molecule has 4 nitrogen and oxygen atoms in total. The van der Waals surface area contributed by atoms with Crippen molar-refractivity contribution in [2.75, 3.05) is 9.80 Å². The number of fused-ring (bicyclic) bond motifs is 7. The Morgan fingerprint density at radius 2 is 0.622 bits per heavy atom. The molecule has 0 fully saturated rings. The van der Waals surface area contributed by atoms with Gasteiger partial charge in [-0.25, -0.2) is 0 Å². The van der Waals surface area contributed by atoms with Gasteiger partial charge in [0.15, 0.2) is 0 Å². The molecule has 0 radical (unpaired) electrons. The lowest BCUT2D eigenvalue weighted by Crippen LogP contribution is -2.13. The first-order chi connectivity index (χ1) is 36.7. The smallest absolute Gasteiger partial charge is 0.137 e. The molecule has 0 aliphatic carbocycles. The highest BCUT2D eigenvalue weighted by Crippen LogP contribution is 2.51. The van der Waals surface area contributed by atoms with Gasteiger partial charge in [-0.15, -0.1) is 0 Å². The van der Waals surface area contributed by atoms with Crippen molar-refractivity contribution in [2.45, 2.75) is 0 Å². The van der Waals surface area contributed by atoms with Crippen LogP contribution in [0.4, 0.5) is 34.1 Å². The van der Waals surface area contributed by atoms with Gasteiger partial charge in [0.05, 0.1) is 17.1 Å². The molecule has 4 heteroatoms. The molecule has 0 atom stereocenters. The molecule has 0 bridgehead atoms. The molecular formula is C70H46N2O2. The molecule has 2 heterocycles. The summed E-state index contributed by atoms with van der Waals surface area (Å²) in [5.74, 6) is 0. The molecule has 0 N–H and O–H groups in total. The minimum Gasteiger partial charge on any atom is -0.456 e. The summed E-state index contributed by atoms with van der Waals surface area (Å²) in [6.45, 7) is 0. The Labute approximate surface area is 428 Å². The summed E-state index contributed by atoms with van der Waals surface area (Å²) >= 11 is 0. The van der Waals surface area contributed by atoms with E-state index in [9.17, 15) is 0 Å². The summed E-state index contributed by atoms with van der Waals surface area (Å²) in [6.07, 6.45) is 0. The average molecular weight is 947 g/mol. The molecule has 2 aromatic heterocycles. The highest BCUT2D eigenvalue weighted by molar-refractivity contribution is 6.11. The third-order valence-electron chi connectivity index (χ3n) is 14.4. The molecule has 14 aromatic rings. The minimum atomic E-state index is 0.829. The largest absolute Gasteiger partial charge is 0.456 e. The fraction of sp³-hybridized carbons (Fsp3) is 0. The zero-order valence-corrected chi connectivity index (χ0v) is 40.3. The lowest BCUT2D eigenvalue weighted by atomic mass is 9.91. The van der Waals surface area contributed by atoms with E-state index in [0.717, 1.165) is 133 Å². The van der Waals surface area contributed by atoms with Gasteiger partial charge < -0.3 is 18.6 Å². The Bertz CT molecular complexity index is 4370. The predicted molar refractivity (Wildman–Crippen MR) is 310 cm³/mol. The van der Waals surface area contributed by atoms with Gasteiger partial charge in [0.2, 0.25) is 0 Å². The van der Waals surface area contributed by atoms with Crippen LogP contribution in [-0.2, 0) is 0 Å². The molecule has 74 heavy (non-hydrogen) atoms. The van der Waals surface area contributed by atoms with Crippen LogP contribution in [0.5, 0.6) is 0 Å². The maximum absolute atomic E-state index is 6.65. The van der Waals surface area contributed by atoms with Crippen LogP contribution in [0.25, 0.3) is 99.2 Å². The van der Waals surface area contributed by atoms with Crippen LogP contribution >= 0.6 is 0 Å². The number of benzene rings is 12. The van der Waals surface area contributed by atoms with E-state index in [1.807, 2.05) is 24.3 Å². The van der Waals surface area contributed by atoms with Crippen molar-refractivity contribution in [1.29, 1.82) is 0 Å². The van der Waals surface area contributed by atoms with Crippen LogP contribution < -0.4 is 9.80 Å². The number of hydrogen-bond acceptors (Lipinski definition) is 4. The van der Waals surface area contributed by atoms with Crippen LogP contribution in [0.2, 0.25) is 0 Å². The third-order valence-corrected chi connectivity index (χ3v) is 14.4. The molecule has 0 spiro atoms. The third kappa shape index (κ3) is 7.48. The van der Waals surface area contributed by atoms with Gasteiger partial charge in [-0.2, -0.15) is 0 Å². The molecule has 0 aliphatic heterocycles. The molecule has 0 unspecified atom stereocenters. The molecule has 0 saturated heterocycles. The summed E-state index contributed by atoms with van der Waals surface area (Å²) < 4.78 is 13.3. The first-order valence-corrected chi connectivity index (χ1v) is 25.1. The maximum Gasteiger partial charge on any atom is 0.137 e. The highest BCUT2D eigenvalue weighted by Gasteiger charge is 2.26. The molecule has 0 aliphatic rings. The predicted octanol–water partition coefficient (Wildman–Crippen LogP) is 20.2. The van der Waals surface area contributed by atoms with Crippen molar-refractivity contribution in [3.05, 3.63) is 279 Å². The van der Waals surface area contributed by atoms with Crippen LogP contribution in [0.15, 0.2) is 288 Å². The van der Waals surface area contributed by atoms with E-state index in [-0.39, 0.29) is 0 Å². The normalized spacial score (nSPS) is 11.5. The lowest BCUT2D eigenvalue weighted by Gasteiger charge is -2.31. The number of para-hydroxylation sites is 4. The second-order valence-corrected chi connectivity index (χ2v) is 18.8. The van der Waals surface area contributed by atoms with E-state index in [2.05, 4.69) is 265 Å². The fourth-order valence-electron chi connectivity index (χ4n) is 11.0. The summed E-state index contributed by atoms with van der Waals surface area (Å²) in [5, 5.41) is 6.57. The number of rotatable bonds is 10. The molecule has 12 aromatic carbocycles. The summed E-state index contributed by atoms with van der Waals surface area (Å²) in [7, 11) is 0. The van der Waals surface area contributed by atoms with Gasteiger partial charge in [-0.1, -0.05) is 194 Å². The standard InChI is InChI=1S/C70H46N2O2/c1-5-21-47(22-6-1)55-29-13-17-33-64(55)71(52-37-39-59-57-31-15-19-35-67(57)73-69(59)44-52)54-41-51-42-66(63(50-27-11-4-12-28-50)46-62(51)61(43-54)49-25-9-3-10-26-49)72(65-34-18-14-30-56(65)48-23-7-2-8-24-48)53-38-40-60-58-32-16-20-36-68(58)74-70(60)45-53/h1-46H. The van der Waals surface area contributed by atoms with Crippen molar-refractivity contribution in [3.8, 4) is 44.5 Å². The number of nitrogens with zero attached hydrogens (tertiary/aromatic N) is 2. The van der Waals surface area contributed by atoms with Crippen molar-refractivity contribution < 1.29 is 8.83 Å². The molecule has 0 amide bonds. The molecular weight excluding hydrogens is 901 g/mol. The first-order valence-electron chi connectivity index (χ1n) is 25.1. The second kappa shape index (κ2) is 18.1. The maximum atomic E-state index is 6.65. The summed E-state index contributed by atoms with van der Waals surface area (Å²) in [4.78, 5) is 4.84. The van der Waals surface area contributed by atoms with Crippen LogP contribution in [0.1, 0.15) is 0 Å². The first kappa shape index (κ1) is 42.9. The van der Waals surface area contributed by atoms with E-state index in [0.29, 0.717) is 0 Å². The quantitative estimate of drug-likeness (QED) is 0.137. The Balaban J connectivity index is 1.08. The van der Waals surface area contributed by atoms with Gasteiger partial charge in [-0.3, -0.25) is 0 Å². The van der Waals surface area contributed by atoms with Crippen LogP contribution in [0, 0.1) is 0 Å². The van der Waals surface area contributed by atoms with E-state index >= 15 is 0 Å². The Morgan fingerprint density at radius 1 is 0.216 bits per heavy atom. The highest BCUT2D eigenvalue weighted by atomic mass is 16.3. The van der Waals surface area contributed by atoms with Gasteiger partial charge in [0.25, 0.3) is 0 Å². The average Bonchev–Trinajstić information content (AvgIpc) is 4.04. The number of furan rings is 2. The van der Waals surface area contributed by atoms with Crippen molar-refractivity contribution in [3.63, 3.8) is 0 Å². The van der Waals surface area contributed by atoms with Crippen LogP contribution in [-0.4, -0.2) is 0 Å². The van der Waals surface area contributed by atoms with Crippen LogP contribution in [0.3, 0.4) is 0 Å². The van der Waals surface area contributed by atoms with Gasteiger partial charge in [0.1, 0.15) is 22.3 Å². The van der Waals surface area contributed by atoms with E-state index < -0.39 is 0 Å². The van der Waals surface area contributed by atoms with Crippen molar-refractivity contribution in [2.24, 2.45) is 0 Å². The number of hydrogen-bond donors (Lipinski definition) is 0. The van der Waals surface area contributed by atoms with Gasteiger partial charge in [-0.05, 0) is 111 Å². The SMILES string of the molecule is c1ccc(-c2ccccc2N(c2cc(-c3ccccc3)c3cc(-c4ccccc4)c(N(c4ccc5c(c4)oc4ccccc45)c4ccccc4-c4ccccc4)cc3c2)c2ccc3c(c2)oc2ccccc23)cc1. The lowest BCUT2D eigenvalue weighted by molar-refractivity contribution is 0.668. The van der Waals surface area contributed by atoms with Crippen molar-refractivity contribution >= 4 is 88.8 Å². The molecule has 14 rings (SSSR count). The summed E-state index contributed by atoms with van der Waals surface area (Å²) in [6, 6.07) is 99.9. The second-order valence-electron chi connectivity index (χ2n) is 18.8. The Kier molecular flexibility index (Phi) is 10.5. The van der Waals surface area contributed by atoms with E-state index in [4.69, 9.17) is 8.83 Å². The molecule has 0 saturated carbocycles. The monoisotopic (exact) mass is 946 g/mol. The summed E-state index contributed by atoms with van der Waals surface area (Å²) in [5.41, 5.74) is 18.4. The topological polar surface area (TPSA) is 32.8 Å². The Hall–Kier alpha value is -9.90. The fourth-order valence-corrected chi connectivity index (χ4v) is 11.0.